The number of amides is 2. The molecular weight excluding hydrogens is 312 g/mol. The lowest BCUT2D eigenvalue weighted by atomic mass is 10.2. The number of furan rings is 1. The third-order valence-electron chi connectivity index (χ3n) is 3.37. The van der Waals surface area contributed by atoms with E-state index < -0.39 is 0 Å². The first kappa shape index (κ1) is 14.2. The lowest BCUT2D eigenvalue weighted by molar-refractivity contribution is 0.0520. The van der Waals surface area contributed by atoms with E-state index >= 15 is 0 Å². The summed E-state index contributed by atoms with van der Waals surface area (Å²) in [4.78, 5) is 28.6. The fourth-order valence-corrected chi connectivity index (χ4v) is 3.09. The van der Waals surface area contributed by atoms with Gasteiger partial charge in [-0.2, -0.15) is 0 Å². The second-order valence-electron chi connectivity index (χ2n) is 4.67. The zero-order valence-electron chi connectivity index (χ0n) is 11.1. The van der Waals surface area contributed by atoms with Gasteiger partial charge >= 0.3 is 0 Å². The van der Waals surface area contributed by atoms with Gasteiger partial charge in [0.2, 0.25) is 0 Å². The Morgan fingerprint density at radius 1 is 1.05 bits per heavy atom. The Labute approximate surface area is 130 Å². The summed E-state index contributed by atoms with van der Waals surface area (Å²) in [7, 11) is 0. The van der Waals surface area contributed by atoms with Crippen LogP contribution < -0.4 is 0 Å². The average molecular weight is 325 g/mol. The van der Waals surface area contributed by atoms with E-state index in [4.69, 9.17) is 16.0 Å². The maximum absolute atomic E-state index is 12.2. The molecular formula is C14H13ClN2O3S. The number of nitrogens with zero attached hydrogens (tertiary/aromatic N) is 2. The van der Waals surface area contributed by atoms with Crippen molar-refractivity contribution in [3.63, 3.8) is 0 Å². The molecule has 0 atom stereocenters. The topological polar surface area (TPSA) is 53.8 Å². The van der Waals surface area contributed by atoms with Crippen molar-refractivity contribution in [1.82, 2.24) is 9.80 Å². The molecule has 21 heavy (non-hydrogen) atoms. The highest BCUT2D eigenvalue weighted by atomic mass is 35.5. The molecule has 0 N–H and O–H groups in total. The first-order valence-electron chi connectivity index (χ1n) is 6.52. The van der Waals surface area contributed by atoms with E-state index in [1.54, 1.807) is 21.9 Å². The highest BCUT2D eigenvalue weighted by Gasteiger charge is 2.27. The molecule has 0 bridgehead atoms. The van der Waals surface area contributed by atoms with Gasteiger partial charge in [-0.3, -0.25) is 9.59 Å². The summed E-state index contributed by atoms with van der Waals surface area (Å²) in [5, 5.41) is 2.08. The minimum absolute atomic E-state index is 0.0261. The van der Waals surface area contributed by atoms with Gasteiger partial charge in [0.15, 0.2) is 11.0 Å². The molecule has 0 radical (unpaired) electrons. The lowest BCUT2D eigenvalue weighted by Crippen LogP contribution is -2.50. The number of hydrogen-bond acceptors (Lipinski definition) is 4. The highest BCUT2D eigenvalue weighted by Crippen LogP contribution is 2.17. The second-order valence-corrected chi connectivity index (χ2v) is 5.99. The van der Waals surface area contributed by atoms with Crippen LogP contribution in [0.2, 0.25) is 5.22 Å². The van der Waals surface area contributed by atoms with Crippen LogP contribution >= 0.6 is 22.9 Å². The molecule has 1 saturated heterocycles. The maximum Gasteiger partial charge on any atom is 0.289 e. The Balaban J connectivity index is 1.60. The lowest BCUT2D eigenvalue weighted by Gasteiger charge is -2.34. The van der Waals surface area contributed by atoms with Crippen LogP contribution in [0.15, 0.2) is 34.1 Å². The van der Waals surface area contributed by atoms with E-state index in [-0.39, 0.29) is 22.8 Å². The zero-order valence-corrected chi connectivity index (χ0v) is 12.7. The molecule has 3 heterocycles. The summed E-state index contributed by atoms with van der Waals surface area (Å²) < 4.78 is 5.13. The average Bonchev–Trinajstić information content (AvgIpc) is 3.17. The molecule has 1 aliphatic heterocycles. The molecule has 1 aliphatic rings. The van der Waals surface area contributed by atoms with Gasteiger partial charge in [0.1, 0.15) is 0 Å². The Morgan fingerprint density at radius 3 is 2.24 bits per heavy atom. The number of carbonyl (C=O) groups excluding carboxylic acids is 2. The summed E-state index contributed by atoms with van der Waals surface area (Å²) in [5.41, 5.74) is 0. The van der Waals surface area contributed by atoms with Gasteiger partial charge < -0.3 is 14.2 Å². The first-order chi connectivity index (χ1) is 10.1. The Bertz CT molecular complexity index is 645. The largest absolute Gasteiger partial charge is 0.440 e. The van der Waals surface area contributed by atoms with E-state index in [0.717, 1.165) is 4.88 Å². The number of piperazine rings is 1. The summed E-state index contributed by atoms with van der Waals surface area (Å²) in [6.45, 7) is 2.04. The van der Waals surface area contributed by atoms with Crippen LogP contribution in [0.25, 0.3) is 0 Å². The fraction of sp³-hybridized carbons (Fsp3) is 0.286. The second kappa shape index (κ2) is 5.91. The molecule has 0 unspecified atom stereocenters. The summed E-state index contributed by atoms with van der Waals surface area (Å²) in [5.74, 6) is 0.0706. The van der Waals surface area contributed by atoms with Crippen molar-refractivity contribution in [1.29, 1.82) is 0 Å². The third kappa shape index (κ3) is 2.96. The number of carbonyl (C=O) groups is 2. The molecule has 7 heteroatoms. The van der Waals surface area contributed by atoms with Gasteiger partial charge in [0.25, 0.3) is 11.8 Å². The Kier molecular flexibility index (Phi) is 3.98. The van der Waals surface area contributed by atoms with Crippen LogP contribution in [0, 0.1) is 0 Å². The molecule has 3 rings (SSSR count). The maximum atomic E-state index is 12.2. The standard InChI is InChI=1S/C14H13ClN2O3S/c15-12-4-3-10(20-12)13(18)16-5-7-17(8-6-16)14(19)11-2-1-9-21-11/h1-4,9H,5-8H2. The number of rotatable bonds is 2. The molecule has 110 valence electrons. The van der Waals surface area contributed by atoms with Crippen molar-refractivity contribution in [2.24, 2.45) is 0 Å². The van der Waals surface area contributed by atoms with Crippen molar-refractivity contribution in [3.8, 4) is 0 Å². The predicted molar refractivity (Wildman–Crippen MR) is 79.8 cm³/mol. The van der Waals surface area contributed by atoms with Crippen LogP contribution in [-0.2, 0) is 0 Å². The minimum atomic E-state index is -0.190. The van der Waals surface area contributed by atoms with Crippen molar-refractivity contribution >= 4 is 34.8 Å². The number of halogens is 1. The van der Waals surface area contributed by atoms with Gasteiger partial charge in [-0.05, 0) is 35.2 Å². The Morgan fingerprint density at radius 2 is 1.71 bits per heavy atom. The first-order valence-corrected chi connectivity index (χ1v) is 7.78. The van der Waals surface area contributed by atoms with Gasteiger partial charge in [-0.1, -0.05) is 6.07 Å². The molecule has 2 aromatic heterocycles. The molecule has 2 aromatic rings. The molecule has 0 aliphatic carbocycles. The molecule has 0 aromatic carbocycles. The van der Waals surface area contributed by atoms with E-state index in [9.17, 15) is 9.59 Å². The van der Waals surface area contributed by atoms with Gasteiger partial charge in [-0.25, -0.2) is 0 Å². The fourth-order valence-electron chi connectivity index (χ4n) is 2.25. The SMILES string of the molecule is O=C(c1ccc(Cl)o1)N1CCN(C(=O)c2cccs2)CC1. The van der Waals surface area contributed by atoms with Gasteiger partial charge in [0, 0.05) is 26.2 Å². The number of hydrogen-bond donors (Lipinski definition) is 0. The van der Waals surface area contributed by atoms with E-state index in [0.29, 0.717) is 26.2 Å². The zero-order chi connectivity index (χ0) is 14.8. The summed E-state index contributed by atoms with van der Waals surface area (Å²) in [6, 6.07) is 6.78. The number of thiophene rings is 1. The summed E-state index contributed by atoms with van der Waals surface area (Å²) in [6.07, 6.45) is 0. The molecule has 5 nitrogen and oxygen atoms in total. The van der Waals surface area contributed by atoms with Gasteiger partial charge in [0.05, 0.1) is 4.88 Å². The Hall–Kier alpha value is -1.79. The van der Waals surface area contributed by atoms with E-state index in [1.807, 2.05) is 17.5 Å². The van der Waals surface area contributed by atoms with Crippen LogP contribution in [0.3, 0.4) is 0 Å². The van der Waals surface area contributed by atoms with Crippen molar-refractivity contribution < 1.29 is 14.0 Å². The molecule has 2 amide bonds. The van der Waals surface area contributed by atoms with Crippen LogP contribution in [0.4, 0.5) is 0 Å². The van der Waals surface area contributed by atoms with Crippen molar-refractivity contribution in [3.05, 3.63) is 45.5 Å². The quantitative estimate of drug-likeness (QED) is 0.853. The van der Waals surface area contributed by atoms with Crippen LogP contribution in [0.5, 0.6) is 0 Å². The molecule has 0 saturated carbocycles. The third-order valence-corrected chi connectivity index (χ3v) is 4.43. The van der Waals surface area contributed by atoms with Crippen molar-refractivity contribution in [2.45, 2.75) is 0 Å². The smallest absolute Gasteiger partial charge is 0.289 e. The van der Waals surface area contributed by atoms with Crippen LogP contribution in [-0.4, -0.2) is 47.8 Å². The van der Waals surface area contributed by atoms with E-state index in [1.165, 1.54) is 11.3 Å². The summed E-state index contributed by atoms with van der Waals surface area (Å²) >= 11 is 7.11. The van der Waals surface area contributed by atoms with Crippen LogP contribution in [0.1, 0.15) is 20.2 Å². The predicted octanol–water partition coefficient (Wildman–Crippen LogP) is 2.59. The van der Waals surface area contributed by atoms with E-state index in [2.05, 4.69) is 0 Å². The molecule has 1 fully saturated rings. The minimum Gasteiger partial charge on any atom is -0.440 e. The highest BCUT2D eigenvalue weighted by molar-refractivity contribution is 7.12. The monoisotopic (exact) mass is 324 g/mol. The molecule has 0 spiro atoms. The van der Waals surface area contributed by atoms with Crippen molar-refractivity contribution in [2.75, 3.05) is 26.2 Å². The van der Waals surface area contributed by atoms with Gasteiger partial charge in [-0.15, -0.1) is 11.3 Å². The normalized spacial score (nSPS) is 15.3.